The van der Waals surface area contributed by atoms with Gasteiger partial charge in [-0.15, -0.1) is 0 Å². The molecule has 1 aliphatic rings. The Kier molecular flexibility index (Phi) is 5.17. The zero-order chi connectivity index (χ0) is 14.5. The molecule has 1 N–H and O–H groups in total. The van der Waals surface area contributed by atoms with Crippen molar-refractivity contribution in [2.45, 2.75) is 46.0 Å². The molecule has 0 bridgehead atoms. The van der Waals surface area contributed by atoms with E-state index in [4.69, 9.17) is 4.52 Å². The van der Waals surface area contributed by atoms with Gasteiger partial charge in [0.1, 0.15) is 5.76 Å². The Morgan fingerprint density at radius 1 is 1.45 bits per heavy atom. The molecule has 1 aromatic heterocycles. The molecule has 20 heavy (non-hydrogen) atoms. The first-order chi connectivity index (χ1) is 9.69. The summed E-state index contributed by atoms with van der Waals surface area (Å²) in [4.78, 5) is 14.3. The van der Waals surface area contributed by atoms with Gasteiger partial charge in [-0.25, -0.2) is 0 Å². The van der Waals surface area contributed by atoms with Crippen molar-refractivity contribution >= 4 is 5.91 Å². The van der Waals surface area contributed by atoms with E-state index in [0.29, 0.717) is 13.0 Å². The molecule has 1 aliphatic heterocycles. The summed E-state index contributed by atoms with van der Waals surface area (Å²) in [5.74, 6) is 1.17. The van der Waals surface area contributed by atoms with E-state index >= 15 is 0 Å². The Morgan fingerprint density at radius 2 is 2.25 bits per heavy atom. The first kappa shape index (κ1) is 15.0. The molecular formula is C15H24N2O3. The maximum absolute atomic E-state index is 12.4. The van der Waals surface area contributed by atoms with E-state index < -0.39 is 0 Å². The van der Waals surface area contributed by atoms with E-state index in [-0.39, 0.29) is 18.4 Å². The van der Waals surface area contributed by atoms with Gasteiger partial charge in [-0.1, -0.05) is 19.0 Å². The highest BCUT2D eigenvalue weighted by molar-refractivity contribution is 5.79. The molecule has 1 aromatic rings. The lowest BCUT2D eigenvalue weighted by Crippen LogP contribution is -2.41. The van der Waals surface area contributed by atoms with Gasteiger partial charge in [0.25, 0.3) is 0 Å². The second-order valence-corrected chi connectivity index (χ2v) is 5.45. The summed E-state index contributed by atoms with van der Waals surface area (Å²) < 4.78 is 5.31. The lowest BCUT2D eigenvalue weighted by molar-refractivity contribution is -0.132. The maximum atomic E-state index is 12.4. The number of carbonyl (C=O) groups is 1. The van der Waals surface area contributed by atoms with Crippen LogP contribution in [-0.2, 0) is 24.1 Å². The van der Waals surface area contributed by atoms with E-state index in [1.54, 1.807) is 0 Å². The Bertz CT molecular complexity index is 434. The van der Waals surface area contributed by atoms with Crippen LogP contribution in [0.5, 0.6) is 0 Å². The molecule has 2 heterocycles. The number of aryl methyl sites for hydroxylation is 2. The molecule has 1 unspecified atom stereocenters. The monoisotopic (exact) mass is 280 g/mol. The summed E-state index contributed by atoms with van der Waals surface area (Å²) in [5.41, 5.74) is 1.86. The Balaban J connectivity index is 2.05. The van der Waals surface area contributed by atoms with Crippen LogP contribution in [0, 0.1) is 5.92 Å². The number of piperidine rings is 1. The van der Waals surface area contributed by atoms with E-state index in [0.717, 1.165) is 49.2 Å². The van der Waals surface area contributed by atoms with Crippen molar-refractivity contribution in [1.82, 2.24) is 10.1 Å². The number of aliphatic hydroxyl groups is 1. The SMILES string of the molecule is CCc1noc(CC)c1CC(=O)N1CCCC(CO)C1. The molecule has 1 fully saturated rings. The molecule has 1 amide bonds. The number of nitrogens with zero attached hydrogens (tertiary/aromatic N) is 2. The highest BCUT2D eigenvalue weighted by Gasteiger charge is 2.25. The van der Waals surface area contributed by atoms with Crippen LogP contribution >= 0.6 is 0 Å². The first-order valence-electron chi connectivity index (χ1n) is 7.54. The fourth-order valence-electron chi connectivity index (χ4n) is 2.84. The van der Waals surface area contributed by atoms with Crippen LogP contribution in [0.3, 0.4) is 0 Å². The molecule has 0 aromatic carbocycles. The number of amides is 1. The molecule has 112 valence electrons. The Labute approximate surface area is 119 Å². The van der Waals surface area contributed by atoms with Gasteiger partial charge in [0.15, 0.2) is 0 Å². The highest BCUT2D eigenvalue weighted by atomic mass is 16.5. The average molecular weight is 280 g/mol. The predicted octanol–water partition coefficient (Wildman–Crippen LogP) is 1.57. The third-order valence-electron chi connectivity index (χ3n) is 4.06. The van der Waals surface area contributed by atoms with Gasteiger partial charge in [0, 0.05) is 31.7 Å². The topological polar surface area (TPSA) is 66.6 Å². The van der Waals surface area contributed by atoms with E-state index in [1.807, 2.05) is 18.7 Å². The lowest BCUT2D eigenvalue weighted by Gasteiger charge is -2.32. The van der Waals surface area contributed by atoms with Crippen LogP contribution in [0.25, 0.3) is 0 Å². The number of rotatable bonds is 5. The van der Waals surface area contributed by atoms with Gasteiger partial charge in [-0.3, -0.25) is 4.79 Å². The van der Waals surface area contributed by atoms with E-state index in [1.165, 1.54) is 0 Å². The van der Waals surface area contributed by atoms with Gasteiger partial charge < -0.3 is 14.5 Å². The quantitative estimate of drug-likeness (QED) is 0.889. The van der Waals surface area contributed by atoms with E-state index in [2.05, 4.69) is 5.16 Å². The Morgan fingerprint density at radius 3 is 2.90 bits per heavy atom. The fourth-order valence-corrected chi connectivity index (χ4v) is 2.84. The number of carbonyl (C=O) groups excluding carboxylic acids is 1. The molecule has 5 heteroatoms. The molecule has 1 atom stereocenters. The fraction of sp³-hybridized carbons (Fsp3) is 0.733. The van der Waals surface area contributed by atoms with Crippen molar-refractivity contribution in [2.24, 2.45) is 5.92 Å². The summed E-state index contributed by atoms with van der Waals surface area (Å²) in [6.07, 6.45) is 3.89. The standard InChI is InChI=1S/C15H24N2O3/c1-3-13-12(14(4-2)20-16-13)8-15(19)17-7-5-6-11(9-17)10-18/h11,18H,3-10H2,1-2H3. The van der Waals surface area contributed by atoms with Crippen molar-refractivity contribution in [3.8, 4) is 0 Å². The van der Waals surface area contributed by atoms with Crippen LogP contribution < -0.4 is 0 Å². The largest absolute Gasteiger partial charge is 0.396 e. The van der Waals surface area contributed by atoms with Crippen molar-refractivity contribution in [3.05, 3.63) is 17.0 Å². The molecule has 0 spiro atoms. The zero-order valence-electron chi connectivity index (χ0n) is 12.4. The summed E-state index contributed by atoms with van der Waals surface area (Å²) in [5, 5.41) is 13.3. The second-order valence-electron chi connectivity index (χ2n) is 5.45. The third-order valence-corrected chi connectivity index (χ3v) is 4.06. The molecular weight excluding hydrogens is 256 g/mol. The molecule has 0 aliphatic carbocycles. The van der Waals surface area contributed by atoms with Gasteiger partial charge in [-0.2, -0.15) is 0 Å². The minimum absolute atomic E-state index is 0.121. The zero-order valence-corrected chi connectivity index (χ0v) is 12.4. The van der Waals surface area contributed by atoms with Crippen molar-refractivity contribution < 1.29 is 14.4 Å². The molecule has 2 rings (SSSR count). The van der Waals surface area contributed by atoms with Crippen LogP contribution in [-0.4, -0.2) is 40.8 Å². The summed E-state index contributed by atoms with van der Waals surface area (Å²) >= 11 is 0. The number of hydrogen-bond acceptors (Lipinski definition) is 4. The van der Waals surface area contributed by atoms with E-state index in [9.17, 15) is 9.90 Å². The molecule has 0 saturated carbocycles. The third kappa shape index (κ3) is 3.20. The lowest BCUT2D eigenvalue weighted by atomic mass is 9.98. The smallest absolute Gasteiger partial charge is 0.227 e. The minimum Gasteiger partial charge on any atom is -0.396 e. The normalized spacial score (nSPS) is 19.4. The maximum Gasteiger partial charge on any atom is 0.227 e. The van der Waals surface area contributed by atoms with Gasteiger partial charge in [0.2, 0.25) is 5.91 Å². The van der Waals surface area contributed by atoms with Crippen molar-refractivity contribution in [1.29, 1.82) is 0 Å². The number of hydrogen-bond donors (Lipinski definition) is 1. The molecule has 5 nitrogen and oxygen atoms in total. The first-order valence-corrected chi connectivity index (χ1v) is 7.54. The second kappa shape index (κ2) is 6.88. The minimum atomic E-state index is 0.121. The van der Waals surface area contributed by atoms with Gasteiger partial charge in [0.05, 0.1) is 12.1 Å². The summed E-state index contributed by atoms with van der Waals surface area (Å²) in [7, 11) is 0. The highest BCUT2D eigenvalue weighted by Crippen LogP contribution is 2.20. The molecule has 1 saturated heterocycles. The summed E-state index contributed by atoms with van der Waals surface area (Å²) in [6, 6.07) is 0. The van der Waals surface area contributed by atoms with Crippen LogP contribution in [0.4, 0.5) is 0 Å². The number of aliphatic hydroxyl groups excluding tert-OH is 1. The summed E-state index contributed by atoms with van der Waals surface area (Å²) in [6.45, 7) is 5.66. The van der Waals surface area contributed by atoms with Crippen molar-refractivity contribution in [3.63, 3.8) is 0 Å². The van der Waals surface area contributed by atoms with Gasteiger partial charge >= 0.3 is 0 Å². The molecule has 0 radical (unpaired) electrons. The number of likely N-dealkylation sites (tertiary alicyclic amines) is 1. The van der Waals surface area contributed by atoms with Crippen molar-refractivity contribution in [2.75, 3.05) is 19.7 Å². The average Bonchev–Trinajstić information content (AvgIpc) is 2.89. The Hall–Kier alpha value is -1.36. The van der Waals surface area contributed by atoms with Crippen LogP contribution in [0.2, 0.25) is 0 Å². The van der Waals surface area contributed by atoms with Crippen LogP contribution in [0.1, 0.15) is 43.7 Å². The van der Waals surface area contributed by atoms with Gasteiger partial charge in [-0.05, 0) is 25.2 Å². The number of aromatic nitrogens is 1. The predicted molar refractivity (Wildman–Crippen MR) is 75.4 cm³/mol. The van der Waals surface area contributed by atoms with Crippen LogP contribution in [0.15, 0.2) is 4.52 Å².